The molecule has 0 spiro atoms. The highest BCUT2D eigenvalue weighted by atomic mass is 32.2. The van der Waals surface area contributed by atoms with Crippen LogP contribution in [0.2, 0.25) is 0 Å². The van der Waals surface area contributed by atoms with Gasteiger partial charge in [0.15, 0.2) is 0 Å². The molecular formula is C17H15N2O2S2-. The van der Waals surface area contributed by atoms with Crippen LogP contribution >= 0.6 is 11.3 Å². The third-order valence-electron chi connectivity index (χ3n) is 3.47. The van der Waals surface area contributed by atoms with Gasteiger partial charge in [-0.15, -0.1) is 11.3 Å². The first kappa shape index (κ1) is 15.9. The van der Waals surface area contributed by atoms with E-state index in [1.165, 1.54) is 15.6 Å². The van der Waals surface area contributed by atoms with Crippen LogP contribution in [0.15, 0.2) is 54.0 Å². The van der Waals surface area contributed by atoms with Gasteiger partial charge >= 0.3 is 0 Å². The van der Waals surface area contributed by atoms with E-state index in [0.29, 0.717) is 11.4 Å². The van der Waals surface area contributed by atoms with Gasteiger partial charge in [-0.2, -0.15) is 0 Å². The first-order valence-corrected chi connectivity index (χ1v) is 8.94. The van der Waals surface area contributed by atoms with Crippen LogP contribution in [0.3, 0.4) is 0 Å². The molecule has 0 aliphatic heterocycles. The van der Waals surface area contributed by atoms with Crippen LogP contribution < -0.4 is 4.31 Å². The Kier molecular flexibility index (Phi) is 4.56. The highest BCUT2D eigenvalue weighted by Crippen LogP contribution is 2.36. The van der Waals surface area contributed by atoms with Crippen molar-refractivity contribution >= 4 is 34.0 Å². The first-order valence-electron chi connectivity index (χ1n) is 7.03. The summed E-state index contributed by atoms with van der Waals surface area (Å²) in [6.07, 6.45) is 1.81. The summed E-state index contributed by atoms with van der Waals surface area (Å²) < 4.78 is 24.8. The monoisotopic (exact) mass is 343 g/mol. The van der Waals surface area contributed by atoms with E-state index in [1.807, 2.05) is 55.6 Å². The molecule has 0 saturated carbocycles. The minimum Gasteiger partial charge on any atom is -0.755 e. The quantitative estimate of drug-likeness (QED) is 0.661. The Labute approximate surface area is 141 Å². The van der Waals surface area contributed by atoms with Gasteiger partial charge in [-0.05, 0) is 43.2 Å². The van der Waals surface area contributed by atoms with Crippen molar-refractivity contribution in [2.24, 2.45) is 0 Å². The summed E-state index contributed by atoms with van der Waals surface area (Å²) in [5.41, 5.74) is 4.11. The molecule has 0 saturated heterocycles. The van der Waals surface area contributed by atoms with E-state index in [0.717, 1.165) is 21.7 Å². The summed E-state index contributed by atoms with van der Waals surface area (Å²) >= 11 is -0.915. The Hall–Kier alpha value is -2.02. The van der Waals surface area contributed by atoms with Crippen molar-refractivity contribution in [1.29, 1.82) is 0 Å². The number of hydrogen-bond acceptors (Lipinski definition) is 4. The Morgan fingerprint density at radius 2 is 1.96 bits per heavy atom. The molecule has 1 unspecified atom stereocenters. The maximum atomic E-state index is 11.8. The summed E-state index contributed by atoms with van der Waals surface area (Å²) in [5, 5.41) is 1.83. The van der Waals surface area contributed by atoms with Gasteiger partial charge in [0.1, 0.15) is 0 Å². The summed E-state index contributed by atoms with van der Waals surface area (Å²) in [7, 11) is 0. The molecule has 6 heteroatoms. The third-order valence-corrected chi connectivity index (χ3v) is 5.11. The van der Waals surface area contributed by atoms with Crippen LogP contribution in [0.25, 0.3) is 10.6 Å². The van der Waals surface area contributed by atoms with Crippen LogP contribution in [0.1, 0.15) is 11.1 Å². The van der Waals surface area contributed by atoms with E-state index < -0.39 is 11.3 Å². The molecule has 0 aliphatic carbocycles. The third kappa shape index (κ3) is 3.34. The minimum absolute atomic E-state index is 0.620. The number of aromatic nitrogens is 1. The first-order chi connectivity index (χ1) is 11.1. The van der Waals surface area contributed by atoms with E-state index in [2.05, 4.69) is 4.98 Å². The van der Waals surface area contributed by atoms with E-state index in [9.17, 15) is 8.76 Å². The maximum absolute atomic E-state index is 11.8. The van der Waals surface area contributed by atoms with Gasteiger partial charge in [0, 0.05) is 11.6 Å². The molecule has 3 rings (SSSR count). The number of benzene rings is 1. The number of rotatable bonds is 4. The van der Waals surface area contributed by atoms with Crippen molar-refractivity contribution in [2.45, 2.75) is 13.8 Å². The van der Waals surface area contributed by atoms with Gasteiger partial charge in [0.05, 0.1) is 33.2 Å². The van der Waals surface area contributed by atoms with Crippen molar-refractivity contribution < 1.29 is 8.76 Å². The van der Waals surface area contributed by atoms with Crippen molar-refractivity contribution in [1.82, 2.24) is 4.98 Å². The standard InChI is InChI=1S/C17H16N2O2S2/c1-12-7-8-15(18-10-12)17-9-14(11-22-17)19(23(20)21)16-6-4-3-5-13(16)2/h3-11H,1-2H3,(H,20,21)/p-1. The lowest BCUT2D eigenvalue weighted by molar-refractivity contribution is 0.537. The molecule has 0 N–H and O–H groups in total. The molecule has 23 heavy (non-hydrogen) atoms. The molecule has 1 atom stereocenters. The zero-order valence-corrected chi connectivity index (χ0v) is 14.4. The Balaban J connectivity index is 2.01. The van der Waals surface area contributed by atoms with Gasteiger partial charge in [0.25, 0.3) is 0 Å². The molecule has 118 valence electrons. The second-order valence-electron chi connectivity index (χ2n) is 5.19. The number of pyridine rings is 1. The van der Waals surface area contributed by atoms with Gasteiger partial charge in [0.2, 0.25) is 0 Å². The summed E-state index contributed by atoms with van der Waals surface area (Å²) in [6.45, 7) is 3.88. The van der Waals surface area contributed by atoms with E-state index in [1.54, 1.807) is 12.3 Å². The number of nitrogens with zero attached hydrogens (tertiary/aromatic N) is 2. The SMILES string of the molecule is Cc1ccc(-c2cc(N(c3ccccc3C)S(=O)[O-])cs2)nc1. The smallest absolute Gasteiger partial charge is 0.0802 e. The molecule has 3 aromatic rings. The summed E-state index contributed by atoms with van der Waals surface area (Å²) in [5.74, 6) is 0. The molecule has 4 nitrogen and oxygen atoms in total. The largest absolute Gasteiger partial charge is 0.755 e. The lowest BCUT2D eigenvalue weighted by Gasteiger charge is -2.26. The molecule has 1 aromatic carbocycles. The Morgan fingerprint density at radius 3 is 2.61 bits per heavy atom. The van der Waals surface area contributed by atoms with Gasteiger partial charge in [-0.3, -0.25) is 13.5 Å². The molecule has 0 aliphatic rings. The van der Waals surface area contributed by atoms with Crippen LogP contribution in [0.5, 0.6) is 0 Å². The molecule has 0 bridgehead atoms. The minimum atomic E-state index is -2.39. The van der Waals surface area contributed by atoms with E-state index >= 15 is 0 Å². The molecule has 0 amide bonds. The number of anilines is 2. The van der Waals surface area contributed by atoms with Crippen LogP contribution in [-0.2, 0) is 11.3 Å². The lowest BCUT2D eigenvalue weighted by Crippen LogP contribution is -2.19. The average molecular weight is 343 g/mol. The van der Waals surface area contributed by atoms with Crippen LogP contribution in [-0.4, -0.2) is 13.7 Å². The molecule has 2 aromatic heterocycles. The van der Waals surface area contributed by atoms with Crippen molar-refractivity contribution in [3.63, 3.8) is 0 Å². The van der Waals surface area contributed by atoms with E-state index in [4.69, 9.17) is 0 Å². The number of para-hydroxylation sites is 1. The Morgan fingerprint density at radius 1 is 1.17 bits per heavy atom. The molecule has 0 fully saturated rings. The van der Waals surface area contributed by atoms with Crippen molar-refractivity contribution in [3.05, 3.63) is 65.2 Å². The van der Waals surface area contributed by atoms with Crippen LogP contribution in [0.4, 0.5) is 11.4 Å². The van der Waals surface area contributed by atoms with E-state index in [-0.39, 0.29) is 0 Å². The normalized spacial score (nSPS) is 12.1. The predicted octanol–water partition coefficient (Wildman–Crippen LogP) is 4.36. The van der Waals surface area contributed by atoms with Gasteiger partial charge in [-0.1, -0.05) is 24.3 Å². The predicted molar refractivity (Wildman–Crippen MR) is 94.5 cm³/mol. The average Bonchev–Trinajstić information content (AvgIpc) is 2.99. The number of hydrogen-bond donors (Lipinski definition) is 0. The fourth-order valence-corrected chi connectivity index (χ4v) is 3.84. The summed E-state index contributed by atoms with van der Waals surface area (Å²) in [4.78, 5) is 5.33. The van der Waals surface area contributed by atoms with Crippen LogP contribution in [0, 0.1) is 13.8 Å². The van der Waals surface area contributed by atoms with Gasteiger partial charge in [-0.25, -0.2) is 0 Å². The molecular weight excluding hydrogens is 328 g/mol. The number of aryl methyl sites for hydroxylation is 2. The lowest BCUT2D eigenvalue weighted by atomic mass is 10.2. The summed E-state index contributed by atoms with van der Waals surface area (Å²) in [6, 6.07) is 13.2. The fourth-order valence-electron chi connectivity index (χ4n) is 2.28. The molecule has 2 heterocycles. The maximum Gasteiger partial charge on any atom is 0.0802 e. The highest BCUT2D eigenvalue weighted by Gasteiger charge is 2.15. The number of thiophene rings is 1. The Bertz CT molecular complexity index is 844. The zero-order valence-electron chi connectivity index (χ0n) is 12.7. The second kappa shape index (κ2) is 6.62. The topological polar surface area (TPSA) is 56.3 Å². The fraction of sp³-hybridized carbons (Fsp3) is 0.118. The zero-order chi connectivity index (χ0) is 16.4. The van der Waals surface area contributed by atoms with Crippen molar-refractivity contribution in [2.75, 3.05) is 4.31 Å². The van der Waals surface area contributed by atoms with Crippen molar-refractivity contribution in [3.8, 4) is 10.6 Å². The second-order valence-corrected chi connectivity index (χ2v) is 6.90. The van der Waals surface area contributed by atoms with Gasteiger partial charge < -0.3 is 4.55 Å². The highest BCUT2D eigenvalue weighted by molar-refractivity contribution is 7.81. The molecule has 0 radical (unpaired) electrons.